The van der Waals surface area contributed by atoms with Crippen LogP contribution in [0.1, 0.15) is 112 Å². The topological polar surface area (TPSA) is 115 Å². The van der Waals surface area contributed by atoms with E-state index in [4.69, 9.17) is 37.9 Å². The number of carbonyl (C=O) groups is 2. The SMILES string of the molecule is CCCCCCCCOc1cc(C(=O)Oc2ccc(OCC3CO3)cc2)c(OCCCCCCCC)cc1C(=O)Oc1ccc(OCC2CO2)cc1. The number of hydrogen-bond acceptors (Lipinski definition) is 10. The second kappa shape index (κ2) is 21.3. The molecule has 282 valence electrons. The highest BCUT2D eigenvalue weighted by Gasteiger charge is 2.26. The zero-order chi connectivity index (χ0) is 36.4. The van der Waals surface area contributed by atoms with E-state index in [1.807, 2.05) is 0 Å². The van der Waals surface area contributed by atoms with Gasteiger partial charge in [0.05, 0.1) is 26.4 Å². The van der Waals surface area contributed by atoms with Gasteiger partial charge in [0.15, 0.2) is 0 Å². The van der Waals surface area contributed by atoms with Crippen LogP contribution in [0.15, 0.2) is 60.7 Å². The van der Waals surface area contributed by atoms with Crippen molar-refractivity contribution in [3.8, 4) is 34.5 Å². The van der Waals surface area contributed by atoms with Crippen molar-refractivity contribution in [2.24, 2.45) is 0 Å². The van der Waals surface area contributed by atoms with E-state index in [-0.39, 0.29) is 34.8 Å². The van der Waals surface area contributed by atoms with Gasteiger partial charge in [0.2, 0.25) is 0 Å². The highest BCUT2D eigenvalue weighted by molar-refractivity contribution is 6.00. The van der Waals surface area contributed by atoms with Gasteiger partial charge in [-0.15, -0.1) is 0 Å². The molecule has 10 nitrogen and oxygen atoms in total. The summed E-state index contributed by atoms with van der Waals surface area (Å²) in [6.45, 7) is 7.50. The highest BCUT2D eigenvalue weighted by Crippen LogP contribution is 2.33. The minimum Gasteiger partial charge on any atom is -0.493 e. The van der Waals surface area contributed by atoms with Gasteiger partial charge in [-0.1, -0.05) is 78.1 Å². The molecule has 2 atom stereocenters. The lowest BCUT2D eigenvalue weighted by Gasteiger charge is -2.17. The molecule has 2 heterocycles. The molecule has 0 aromatic heterocycles. The molecule has 10 heteroatoms. The number of rotatable bonds is 26. The molecule has 2 aliphatic heterocycles. The molecule has 2 aliphatic rings. The number of esters is 2. The lowest BCUT2D eigenvalue weighted by molar-refractivity contribution is 0.0711. The summed E-state index contributed by atoms with van der Waals surface area (Å²) in [5.74, 6) is 1.20. The molecule has 5 rings (SSSR count). The van der Waals surface area contributed by atoms with E-state index in [0.717, 1.165) is 38.5 Å². The van der Waals surface area contributed by atoms with Crippen LogP contribution in [0.3, 0.4) is 0 Å². The molecule has 2 unspecified atom stereocenters. The van der Waals surface area contributed by atoms with E-state index in [0.29, 0.717) is 62.6 Å². The maximum absolute atomic E-state index is 13.7. The first kappa shape index (κ1) is 38.9. The van der Waals surface area contributed by atoms with Crippen LogP contribution in [-0.4, -0.2) is 63.8 Å². The van der Waals surface area contributed by atoms with Crippen molar-refractivity contribution in [1.82, 2.24) is 0 Å². The normalized spacial score (nSPS) is 15.8. The Morgan fingerprint density at radius 2 is 0.865 bits per heavy atom. The summed E-state index contributed by atoms with van der Waals surface area (Å²) in [5, 5.41) is 0. The maximum atomic E-state index is 13.7. The Kier molecular flexibility index (Phi) is 15.9. The largest absolute Gasteiger partial charge is 0.493 e. The molecule has 0 bridgehead atoms. The lowest BCUT2D eigenvalue weighted by Crippen LogP contribution is -2.16. The zero-order valence-electron chi connectivity index (χ0n) is 30.7. The van der Waals surface area contributed by atoms with E-state index in [9.17, 15) is 9.59 Å². The van der Waals surface area contributed by atoms with Crippen LogP contribution < -0.4 is 28.4 Å². The molecular formula is C42H54O10. The number of epoxide rings is 2. The molecule has 0 saturated carbocycles. The predicted octanol–water partition coefficient (Wildman–Crippen LogP) is 9.16. The number of unbranched alkanes of at least 4 members (excludes halogenated alkanes) is 10. The summed E-state index contributed by atoms with van der Waals surface area (Å²) in [6, 6.07) is 16.8. The first-order valence-corrected chi connectivity index (χ1v) is 19.1. The smallest absolute Gasteiger partial charge is 0.347 e. The van der Waals surface area contributed by atoms with Gasteiger partial charge in [0.1, 0.15) is 71.0 Å². The molecule has 0 aliphatic carbocycles. The van der Waals surface area contributed by atoms with E-state index in [2.05, 4.69) is 13.8 Å². The van der Waals surface area contributed by atoms with Crippen LogP contribution in [0.4, 0.5) is 0 Å². The molecule has 0 radical (unpaired) electrons. The summed E-state index contributed by atoms with van der Waals surface area (Å²) < 4.78 is 45.8. The third kappa shape index (κ3) is 13.7. The van der Waals surface area contributed by atoms with Crippen molar-refractivity contribution in [2.75, 3.05) is 39.6 Å². The van der Waals surface area contributed by atoms with E-state index < -0.39 is 11.9 Å². The molecule has 3 aromatic carbocycles. The number of ether oxygens (including phenoxy) is 8. The van der Waals surface area contributed by atoms with Crippen LogP contribution in [-0.2, 0) is 9.47 Å². The molecule has 0 N–H and O–H groups in total. The first-order chi connectivity index (χ1) is 25.5. The van der Waals surface area contributed by atoms with Crippen LogP contribution in [0.25, 0.3) is 0 Å². The van der Waals surface area contributed by atoms with Crippen molar-refractivity contribution in [3.05, 3.63) is 71.8 Å². The summed E-state index contributed by atoms with van der Waals surface area (Å²) in [5.41, 5.74) is 0.320. The van der Waals surface area contributed by atoms with Crippen molar-refractivity contribution >= 4 is 11.9 Å². The van der Waals surface area contributed by atoms with Gasteiger partial charge in [-0.3, -0.25) is 0 Å². The fraction of sp³-hybridized carbons (Fsp3) is 0.524. The van der Waals surface area contributed by atoms with E-state index in [1.54, 1.807) is 48.5 Å². The standard InChI is InChI=1S/C42H54O10/c1-3-5-7-9-11-13-23-45-39-25-38(42(44)52-34-21-17-32(18-22-34)48-28-36-30-50-36)40(46-24-14-12-10-8-6-4-2)26-37(39)41(43)51-33-19-15-31(16-20-33)47-27-35-29-49-35/h15-22,25-26,35-36H,3-14,23-24,27-30H2,1-2H3. The van der Waals surface area contributed by atoms with Gasteiger partial charge in [0, 0.05) is 0 Å². The molecule has 2 fully saturated rings. The molecule has 52 heavy (non-hydrogen) atoms. The number of hydrogen-bond donors (Lipinski definition) is 0. The molecule has 0 spiro atoms. The fourth-order valence-electron chi connectivity index (χ4n) is 5.49. The Morgan fingerprint density at radius 1 is 0.519 bits per heavy atom. The maximum Gasteiger partial charge on any atom is 0.347 e. The van der Waals surface area contributed by atoms with Crippen LogP contribution >= 0.6 is 0 Å². The summed E-state index contributed by atoms with van der Waals surface area (Å²) >= 11 is 0. The van der Waals surface area contributed by atoms with E-state index in [1.165, 1.54) is 50.7 Å². The van der Waals surface area contributed by atoms with Crippen LogP contribution in [0, 0.1) is 0 Å². The lowest BCUT2D eigenvalue weighted by atomic mass is 10.1. The van der Waals surface area contributed by atoms with Crippen molar-refractivity contribution < 1.29 is 47.5 Å². The van der Waals surface area contributed by atoms with Gasteiger partial charge >= 0.3 is 11.9 Å². The fourth-order valence-corrected chi connectivity index (χ4v) is 5.49. The Hall–Kier alpha value is -4.28. The third-order valence-corrected chi connectivity index (χ3v) is 8.78. The van der Waals surface area contributed by atoms with Gasteiger partial charge < -0.3 is 37.9 Å². The first-order valence-electron chi connectivity index (χ1n) is 19.1. The number of carbonyl (C=O) groups excluding carboxylic acids is 2. The molecular weight excluding hydrogens is 664 g/mol. The van der Waals surface area contributed by atoms with E-state index >= 15 is 0 Å². The second-order valence-corrected chi connectivity index (χ2v) is 13.3. The van der Waals surface area contributed by atoms with Gasteiger partial charge in [0.25, 0.3) is 0 Å². The second-order valence-electron chi connectivity index (χ2n) is 13.3. The van der Waals surface area contributed by atoms with Crippen LogP contribution in [0.2, 0.25) is 0 Å². The molecule has 2 saturated heterocycles. The van der Waals surface area contributed by atoms with Gasteiger partial charge in [-0.25, -0.2) is 9.59 Å². The van der Waals surface area contributed by atoms with Crippen molar-refractivity contribution in [1.29, 1.82) is 0 Å². The summed E-state index contributed by atoms with van der Waals surface area (Å²) in [4.78, 5) is 27.5. The zero-order valence-corrected chi connectivity index (χ0v) is 30.7. The average Bonchev–Trinajstić information content (AvgIpc) is 4.10. The minimum absolute atomic E-state index is 0.137. The monoisotopic (exact) mass is 718 g/mol. The quantitative estimate of drug-likeness (QED) is 0.0344. The average molecular weight is 719 g/mol. The minimum atomic E-state index is -0.630. The third-order valence-electron chi connectivity index (χ3n) is 8.78. The van der Waals surface area contributed by atoms with Crippen molar-refractivity contribution in [3.63, 3.8) is 0 Å². The summed E-state index contributed by atoms with van der Waals surface area (Å²) in [7, 11) is 0. The molecule has 3 aromatic rings. The Balaban J connectivity index is 1.33. The van der Waals surface area contributed by atoms with Crippen molar-refractivity contribution in [2.45, 2.75) is 103 Å². The Labute approximate surface area is 308 Å². The number of benzene rings is 3. The highest BCUT2D eigenvalue weighted by atomic mass is 16.6. The Morgan fingerprint density at radius 3 is 1.23 bits per heavy atom. The van der Waals surface area contributed by atoms with Gasteiger partial charge in [-0.2, -0.15) is 0 Å². The summed E-state index contributed by atoms with van der Waals surface area (Å²) in [6.07, 6.45) is 13.2. The van der Waals surface area contributed by atoms with Gasteiger partial charge in [-0.05, 0) is 73.5 Å². The predicted molar refractivity (Wildman–Crippen MR) is 197 cm³/mol. The Bertz CT molecular complexity index is 1400. The van der Waals surface area contributed by atoms with Crippen LogP contribution in [0.5, 0.6) is 34.5 Å². The molecule has 0 amide bonds.